The van der Waals surface area contributed by atoms with Crippen LogP contribution in [-0.2, 0) is 0 Å². The number of rotatable bonds is 4. The van der Waals surface area contributed by atoms with E-state index in [1.807, 2.05) is 91.0 Å². The molecule has 0 aliphatic carbocycles. The number of benzene rings is 5. The summed E-state index contributed by atoms with van der Waals surface area (Å²) in [7, 11) is 0. The van der Waals surface area contributed by atoms with Gasteiger partial charge in [0.1, 0.15) is 11.1 Å². The van der Waals surface area contributed by atoms with E-state index in [0.29, 0.717) is 28.8 Å². The van der Waals surface area contributed by atoms with Gasteiger partial charge in [-0.3, -0.25) is 0 Å². The third kappa shape index (κ3) is 4.19. The standard InChI is InChI=1S/C35H21N5O/c1-3-9-22(10-4-1)23-15-17-25(18-16-23)33-38-32(24-11-5-2-6-12-24)39-34(40-33)26-19-20-27-30(21-26)41-35-31(27)36-28-13-7-8-14-29(28)37-35/h1-21H. The van der Waals surface area contributed by atoms with E-state index in [2.05, 4.69) is 41.4 Å². The van der Waals surface area contributed by atoms with E-state index in [1.165, 1.54) is 0 Å². The molecular weight excluding hydrogens is 506 g/mol. The predicted octanol–water partition coefficient (Wildman–Crippen LogP) is 8.38. The second-order valence-corrected chi connectivity index (χ2v) is 9.79. The highest BCUT2D eigenvalue weighted by Crippen LogP contribution is 2.32. The normalized spacial score (nSPS) is 11.4. The lowest BCUT2D eigenvalue weighted by Crippen LogP contribution is -2.00. The van der Waals surface area contributed by atoms with Gasteiger partial charge in [-0.15, -0.1) is 0 Å². The van der Waals surface area contributed by atoms with Crippen LogP contribution >= 0.6 is 0 Å². The average Bonchev–Trinajstić information content (AvgIpc) is 3.41. The Kier molecular flexibility index (Phi) is 5.35. The molecule has 0 aliphatic heterocycles. The molecule has 0 unspecified atom stereocenters. The first-order valence-corrected chi connectivity index (χ1v) is 13.4. The van der Waals surface area contributed by atoms with E-state index >= 15 is 0 Å². The first kappa shape index (κ1) is 23.2. The van der Waals surface area contributed by atoms with Gasteiger partial charge in [0.05, 0.1) is 11.0 Å². The van der Waals surface area contributed by atoms with Crippen LogP contribution < -0.4 is 0 Å². The second-order valence-electron chi connectivity index (χ2n) is 9.79. The van der Waals surface area contributed by atoms with Gasteiger partial charge in [0.25, 0.3) is 0 Å². The van der Waals surface area contributed by atoms with Gasteiger partial charge < -0.3 is 4.42 Å². The van der Waals surface area contributed by atoms with Crippen LogP contribution in [0.3, 0.4) is 0 Å². The fourth-order valence-corrected chi connectivity index (χ4v) is 5.07. The Morgan fingerprint density at radius 2 is 0.878 bits per heavy atom. The Morgan fingerprint density at radius 3 is 1.56 bits per heavy atom. The maximum Gasteiger partial charge on any atom is 0.246 e. The summed E-state index contributed by atoms with van der Waals surface area (Å²) in [6, 6.07) is 42.3. The van der Waals surface area contributed by atoms with Crippen molar-refractivity contribution in [2.45, 2.75) is 0 Å². The second kappa shape index (κ2) is 9.47. The zero-order chi connectivity index (χ0) is 27.2. The van der Waals surface area contributed by atoms with Crippen LogP contribution in [0.25, 0.3) is 78.5 Å². The highest BCUT2D eigenvalue weighted by Gasteiger charge is 2.16. The summed E-state index contributed by atoms with van der Waals surface area (Å²) in [5.41, 5.74) is 8.52. The minimum atomic E-state index is 0.510. The smallest absolute Gasteiger partial charge is 0.246 e. The SMILES string of the molecule is c1ccc(-c2ccc(-c3nc(-c4ccccc4)nc(-c4ccc5c(c4)oc4nc6ccccc6nc45)n3)cc2)cc1. The van der Waals surface area contributed by atoms with Crippen LogP contribution in [0.5, 0.6) is 0 Å². The molecule has 0 fully saturated rings. The predicted molar refractivity (Wildman–Crippen MR) is 162 cm³/mol. The Labute approximate surface area is 235 Å². The Bertz CT molecular complexity index is 2190. The van der Waals surface area contributed by atoms with Crippen molar-refractivity contribution in [2.24, 2.45) is 0 Å². The molecule has 192 valence electrons. The monoisotopic (exact) mass is 527 g/mol. The average molecular weight is 528 g/mol. The fraction of sp³-hybridized carbons (Fsp3) is 0. The maximum atomic E-state index is 6.16. The number of furan rings is 1. The highest BCUT2D eigenvalue weighted by atomic mass is 16.3. The lowest BCUT2D eigenvalue weighted by Gasteiger charge is -2.09. The summed E-state index contributed by atoms with van der Waals surface area (Å²) < 4.78 is 6.16. The van der Waals surface area contributed by atoms with Crippen molar-refractivity contribution in [3.05, 3.63) is 127 Å². The van der Waals surface area contributed by atoms with Crippen molar-refractivity contribution in [2.75, 3.05) is 0 Å². The molecule has 8 rings (SSSR count). The Hall–Kier alpha value is -5.75. The topological polar surface area (TPSA) is 77.6 Å². The van der Waals surface area contributed by atoms with Crippen LogP contribution in [0.15, 0.2) is 132 Å². The van der Waals surface area contributed by atoms with Crippen LogP contribution in [-0.4, -0.2) is 24.9 Å². The molecule has 0 N–H and O–H groups in total. The van der Waals surface area contributed by atoms with Crippen molar-refractivity contribution in [3.63, 3.8) is 0 Å². The van der Waals surface area contributed by atoms with Crippen LogP contribution in [0.4, 0.5) is 0 Å². The van der Waals surface area contributed by atoms with Crippen molar-refractivity contribution in [3.8, 4) is 45.3 Å². The first-order valence-electron chi connectivity index (χ1n) is 13.4. The summed E-state index contributed by atoms with van der Waals surface area (Å²) in [5.74, 6) is 1.78. The number of para-hydroxylation sites is 2. The van der Waals surface area contributed by atoms with Crippen LogP contribution in [0.2, 0.25) is 0 Å². The van der Waals surface area contributed by atoms with Gasteiger partial charge in [0.15, 0.2) is 17.5 Å². The number of fused-ring (bicyclic) bond motifs is 4. The quantitative estimate of drug-likeness (QED) is 0.229. The fourth-order valence-electron chi connectivity index (χ4n) is 5.07. The molecule has 3 aromatic heterocycles. The third-order valence-corrected chi connectivity index (χ3v) is 7.16. The molecule has 5 aromatic carbocycles. The van der Waals surface area contributed by atoms with Gasteiger partial charge in [-0.2, -0.15) is 0 Å². The number of hydrogen-bond donors (Lipinski definition) is 0. The molecule has 3 heterocycles. The third-order valence-electron chi connectivity index (χ3n) is 7.16. The zero-order valence-electron chi connectivity index (χ0n) is 21.8. The Balaban J connectivity index is 1.26. The molecule has 0 bridgehead atoms. The molecular formula is C35H21N5O. The molecule has 0 amide bonds. The summed E-state index contributed by atoms with van der Waals surface area (Å²) >= 11 is 0. The zero-order valence-corrected chi connectivity index (χ0v) is 21.8. The van der Waals surface area contributed by atoms with Gasteiger partial charge >= 0.3 is 0 Å². The van der Waals surface area contributed by atoms with Gasteiger partial charge in [0, 0.05) is 22.1 Å². The summed E-state index contributed by atoms with van der Waals surface area (Å²) in [6.07, 6.45) is 0. The van der Waals surface area contributed by atoms with E-state index < -0.39 is 0 Å². The van der Waals surface area contributed by atoms with Gasteiger partial charge in [0.2, 0.25) is 5.71 Å². The van der Waals surface area contributed by atoms with Crippen molar-refractivity contribution >= 4 is 33.2 Å². The van der Waals surface area contributed by atoms with Crippen molar-refractivity contribution in [1.29, 1.82) is 0 Å². The highest BCUT2D eigenvalue weighted by molar-refractivity contribution is 6.04. The molecule has 0 spiro atoms. The van der Waals surface area contributed by atoms with Crippen LogP contribution in [0, 0.1) is 0 Å². The molecule has 41 heavy (non-hydrogen) atoms. The van der Waals surface area contributed by atoms with Crippen molar-refractivity contribution < 1.29 is 4.42 Å². The van der Waals surface area contributed by atoms with E-state index in [0.717, 1.165) is 49.8 Å². The first-order chi connectivity index (χ1) is 20.3. The van der Waals surface area contributed by atoms with Crippen LogP contribution in [0.1, 0.15) is 0 Å². The molecule has 8 aromatic rings. The lowest BCUT2D eigenvalue weighted by molar-refractivity contribution is 0.655. The summed E-state index contributed by atoms with van der Waals surface area (Å²) in [5, 5.41) is 0.899. The molecule has 0 atom stereocenters. The molecule has 6 heteroatoms. The Morgan fingerprint density at radius 1 is 0.390 bits per heavy atom. The van der Waals surface area contributed by atoms with E-state index in [9.17, 15) is 0 Å². The largest absolute Gasteiger partial charge is 0.436 e. The summed E-state index contributed by atoms with van der Waals surface area (Å²) in [4.78, 5) is 24.1. The van der Waals surface area contributed by atoms with E-state index in [-0.39, 0.29) is 0 Å². The minimum absolute atomic E-state index is 0.510. The molecule has 0 saturated heterocycles. The minimum Gasteiger partial charge on any atom is -0.436 e. The van der Waals surface area contributed by atoms with Gasteiger partial charge in [-0.1, -0.05) is 103 Å². The molecule has 6 nitrogen and oxygen atoms in total. The molecule has 0 saturated carbocycles. The number of aromatic nitrogens is 5. The maximum absolute atomic E-state index is 6.16. The lowest BCUT2D eigenvalue weighted by atomic mass is 10.0. The van der Waals surface area contributed by atoms with Crippen molar-refractivity contribution in [1.82, 2.24) is 24.9 Å². The molecule has 0 radical (unpaired) electrons. The number of hydrogen-bond acceptors (Lipinski definition) is 6. The molecule has 0 aliphatic rings. The summed E-state index contributed by atoms with van der Waals surface area (Å²) in [6.45, 7) is 0. The van der Waals surface area contributed by atoms with Gasteiger partial charge in [-0.05, 0) is 35.4 Å². The van der Waals surface area contributed by atoms with E-state index in [4.69, 9.17) is 24.4 Å². The number of nitrogens with zero attached hydrogens (tertiary/aromatic N) is 5. The van der Waals surface area contributed by atoms with E-state index in [1.54, 1.807) is 0 Å². The van der Waals surface area contributed by atoms with Gasteiger partial charge in [-0.25, -0.2) is 24.9 Å².